The van der Waals surface area contributed by atoms with Crippen molar-refractivity contribution < 1.29 is 35.9 Å². The standard InChI is InChI=1S/C29H34FN3O7S2/c1-19-8-12-24(13-9-19)42(38,39)32(4)17-27-20(2)16-33(21(3)18-34)29(35)25-6-5-7-26(28(25)40-27)31-41(36,37)23-14-10-22(30)11-15-23/h5-15,20-21,27,31,34H,16-18H2,1-4H3/t20-,21+,27+/m1/s1. The van der Waals surface area contributed by atoms with Crippen LogP contribution >= 0.6 is 0 Å². The average Bonchev–Trinajstić information content (AvgIpc) is 2.95. The Labute approximate surface area is 245 Å². The van der Waals surface area contributed by atoms with E-state index in [0.717, 1.165) is 34.1 Å². The lowest BCUT2D eigenvalue weighted by Gasteiger charge is -2.38. The Kier molecular flexibility index (Phi) is 9.26. The molecule has 0 radical (unpaired) electrons. The summed E-state index contributed by atoms with van der Waals surface area (Å²) in [7, 11) is -6.71. The smallest absolute Gasteiger partial charge is 0.262 e. The number of carbonyl (C=O) groups excluding carboxylic acids is 1. The number of ether oxygens (including phenoxy) is 1. The number of nitrogens with zero attached hydrogens (tertiary/aromatic N) is 2. The van der Waals surface area contributed by atoms with Gasteiger partial charge in [0, 0.05) is 19.5 Å². The van der Waals surface area contributed by atoms with Crippen molar-refractivity contribution in [3.8, 4) is 5.75 Å². The molecule has 0 aromatic heterocycles. The second kappa shape index (κ2) is 12.4. The summed E-state index contributed by atoms with van der Waals surface area (Å²) in [6.07, 6.45) is -0.827. The van der Waals surface area contributed by atoms with E-state index in [0.29, 0.717) is 0 Å². The SMILES string of the molecule is Cc1ccc(S(=O)(=O)N(C)C[C@@H]2Oc3c(NS(=O)(=O)c4ccc(F)cc4)cccc3C(=O)N([C@@H](C)CO)C[C@H]2C)cc1. The number of rotatable bonds is 9. The number of hydrogen-bond donors (Lipinski definition) is 2. The number of halogens is 1. The maximum atomic E-state index is 13.7. The zero-order valence-corrected chi connectivity index (χ0v) is 25.3. The highest BCUT2D eigenvalue weighted by Crippen LogP contribution is 2.36. The van der Waals surface area contributed by atoms with Gasteiger partial charge in [0.1, 0.15) is 11.9 Å². The first-order chi connectivity index (χ1) is 19.7. The maximum Gasteiger partial charge on any atom is 0.262 e. The molecule has 0 unspecified atom stereocenters. The quantitative estimate of drug-likeness (QED) is 0.375. The molecule has 2 N–H and O–H groups in total. The van der Waals surface area contributed by atoms with Crippen molar-refractivity contribution in [1.82, 2.24) is 9.21 Å². The molecular weight excluding hydrogens is 585 g/mol. The molecule has 1 amide bonds. The van der Waals surface area contributed by atoms with Crippen LogP contribution in [0.5, 0.6) is 5.75 Å². The van der Waals surface area contributed by atoms with E-state index in [2.05, 4.69) is 4.72 Å². The number of para-hydroxylation sites is 1. The average molecular weight is 620 g/mol. The van der Waals surface area contributed by atoms with Gasteiger partial charge in [-0.2, -0.15) is 4.31 Å². The lowest BCUT2D eigenvalue weighted by molar-refractivity contribution is 0.0389. The number of fused-ring (bicyclic) bond motifs is 1. The van der Waals surface area contributed by atoms with Gasteiger partial charge in [-0.05, 0) is 62.4 Å². The minimum absolute atomic E-state index is 0.0375. The van der Waals surface area contributed by atoms with Crippen molar-refractivity contribution in [2.45, 2.75) is 42.7 Å². The normalized spacial score (nSPS) is 18.5. The highest BCUT2D eigenvalue weighted by molar-refractivity contribution is 7.92. The van der Waals surface area contributed by atoms with Crippen LogP contribution in [0.4, 0.5) is 10.1 Å². The van der Waals surface area contributed by atoms with E-state index >= 15 is 0 Å². The molecule has 0 saturated heterocycles. The number of sulfonamides is 2. The molecule has 0 fully saturated rings. The first kappa shape index (κ1) is 31.4. The highest BCUT2D eigenvalue weighted by Gasteiger charge is 2.36. The van der Waals surface area contributed by atoms with Gasteiger partial charge in [-0.1, -0.05) is 30.7 Å². The fourth-order valence-corrected chi connectivity index (χ4v) is 6.85. The second-order valence-electron chi connectivity index (χ2n) is 10.5. The van der Waals surface area contributed by atoms with E-state index < -0.39 is 49.8 Å². The molecule has 3 aromatic carbocycles. The van der Waals surface area contributed by atoms with Crippen molar-refractivity contribution in [3.05, 3.63) is 83.7 Å². The summed E-state index contributed by atoms with van der Waals surface area (Å²) in [5.74, 6) is -1.61. The van der Waals surface area contributed by atoms with E-state index in [4.69, 9.17) is 4.74 Å². The van der Waals surface area contributed by atoms with Crippen LogP contribution < -0.4 is 9.46 Å². The van der Waals surface area contributed by atoms with Crippen molar-refractivity contribution in [2.75, 3.05) is 31.5 Å². The number of hydrogen-bond acceptors (Lipinski definition) is 7. The number of anilines is 1. The van der Waals surface area contributed by atoms with E-state index in [-0.39, 0.29) is 46.5 Å². The third kappa shape index (κ3) is 6.59. The number of carbonyl (C=O) groups is 1. The summed E-state index contributed by atoms with van der Waals surface area (Å²) in [6.45, 7) is 5.02. The lowest BCUT2D eigenvalue weighted by Crippen LogP contribution is -2.50. The Hall–Kier alpha value is -3.52. The molecule has 0 saturated carbocycles. The Morgan fingerprint density at radius 1 is 1.05 bits per heavy atom. The fourth-order valence-electron chi connectivity index (χ4n) is 4.60. The zero-order chi connectivity index (χ0) is 30.8. The predicted octanol–water partition coefficient (Wildman–Crippen LogP) is 3.48. The topological polar surface area (TPSA) is 133 Å². The third-order valence-electron chi connectivity index (χ3n) is 7.23. The number of aliphatic hydroxyl groups is 1. The van der Waals surface area contributed by atoms with E-state index in [1.54, 1.807) is 26.0 Å². The highest BCUT2D eigenvalue weighted by atomic mass is 32.2. The van der Waals surface area contributed by atoms with Gasteiger partial charge in [-0.25, -0.2) is 21.2 Å². The summed E-state index contributed by atoms with van der Waals surface area (Å²) >= 11 is 0. The molecule has 0 bridgehead atoms. The summed E-state index contributed by atoms with van der Waals surface area (Å²) in [5.41, 5.74) is 0.893. The monoisotopic (exact) mass is 619 g/mol. The third-order valence-corrected chi connectivity index (χ3v) is 10.4. The van der Waals surface area contributed by atoms with Gasteiger partial charge >= 0.3 is 0 Å². The zero-order valence-electron chi connectivity index (χ0n) is 23.7. The molecule has 42 heavy (non-hydrogen) atoms. The summed E-state index contributed by atoms with van der Waals surface area (Å²) < 4.78 is 76.5. The minimum atomic E-state index is -4.22. The van der Waals surface area contributed by atoms with Crippen molar-refractivity contribution in [3.63, 3.8) is 0 Å². The number of likely N-dealkylation sites (N-methyl/N-ethyl adjacent to an activating group) is 1. The molecule has 4 rings (SSSR count). The molecular formula is C29H34FN3O7S2. The Balaban J connectivity index is 1.76. The second-order valence-corrected chi connectivity index (χ2v) is 14.2. The van der Waals surface area contributed by atoms with Crippen LogP contribution in [0.15, 0.2) is 76.5 Å². The van der Waals surface area contributed by atoms with Crippen molar-refractivity contribution >= 4 is 31.6 Å². The predicted molar refractivity (Wildman–Crippen MR) is 156 cm³/mol. The maximum absolute atomic E-state index is 13.7. The Bertz CT molecular complexity index is 1650. The Morgan fingerprint density at radius 2 is 1.67 bits per heavy atom. The molecule has 1 heterocycles. The van der Waals surface area contributed by atoms with Gasteiger partial charge in [0.25, 0.3) is 15.9 Å². The number of amides is 1. The van der Waals surface area contributed by atoms with Crippen LogP contribution in [0.1, 0.15) is 29.8 Å². The lowest BCUT2D eigenvalue weighted by atomic mass is 9.99. The van der Waals surface area contributed by atoms with Crippen molar-refractivity contribution in [1.29, 1.82) is 0 Å². The van der Waals surface area contributed by atoms with Crippen LogP contribution in [-0.2, 0) is 20.0 Å². The molecule has 1 aliphatic heterocycles. The molecule has 10 nitrogen and oxygen atoms in total. The van der Waals surface area contributed by atoms with Gasteiger partial charge in [-0.15, -0.1) is 0 Å². The summed E-state index contributed by atoms with van der Waals surface area (Å²) in [5, 5.41) is 9.89. The van der Waals surface area contributed by atoms with Gasteiger partial charge in [0.2, 0.25) is 10.0 Å². The summed E-state index contributed by atoms with van der Waals surface area (Å²) in [4.78, 5) is 15.0. The van der Waals surface area contributed by atoms with Gasteiger partial charge in [0.15, 0.2) is 5.75 Å². The number of aryl methyl sites for hydroxylation is 1. The van der Waals surface area contributed by atoms with Crippen molar-refractivity contribution in [2.24, 2.45) is 5.92 Å². The number of benzene rings is 3. The molecule has 0 spiro atoms. The minimum Gasteiger partial charge on any atom is -0.486 e. The molecule has 13 heteroatoms. The first-order valence-corrected chi connectivity index (χ1v) is 16.2. The van der Waals surface area contributed by atoms with E-state index in [1.807, 2.05) is 6.92 Å². The Morgan fingerprint density at radius 3 is 2.29 bits per heavy atom. The van der Waals surface area contributed by atoms with E-state index in [9.17, 15) is 31.1 Å². The summed E-state index contributed by atoms with van der Waals surface area (Å²) in [6, 6.07) is 14.5. The first-order valence-electron chi connectivity index (χ1n) is 13.3. The number of aliphatic hydroxyl groups excluding tert-OH is 1. The van der Waals surface area contributed by atoms with Gasteiger partial charge in [0.05, 0.1) is 40.2 Å². The fraction of sp³-hybridized carbons (Fsp3) is 0.345. The van der Waals surface area contributed by atoms with Crippen LogP contribution in [0.3, 0.4) is 0 Å². The van der Waals surface area contributed by atoms with Crippen LogP contribution in [0.2, 0.25) is 0 Å². The molecule has 0 aliphatic carbocycles. The molecule has 226 valence electrons. The van der Waals surface area contributed by atoms with Crippen LogP contribution in [-0.4, -0.2) is 75.9 Å². The van der Waals surface area contributed by atoms with Gasteiger partial charge < -0.3 is 14.7 Å². The molecule has 3 atom stereocenters. The molecule has 1 aliphatic rings. The van der Waals surface area contributed by atoms with E-state index in [1.165, 1.54) is 42.3 Å². The van der Waals surface area contributed by atoms with Gasteiger partial charge in [-0.3, -0.25) is 9.52 Å². The largest absolute Gasteiger partial charge is 0.486 e. The molecule has 3 aromatic rings. The van der Waals surface area contributed by atoms with Crippen LogP contribution in [0, 0.1) is 18.7 Å². The number of nitrogens with one attached hydrogen (secondary N) is 1. The van der Waals surface area contributed by atoms with Crippen LogP contribution in [0.25, 0.3) is 0 Å².